The van der Waals surface area contributed by atoms with Crippen molar-refractivity contribution in [2.75, 3.05) is 13.2 Å². The van der Waals surface area contributed by atoms with Gasteiger partial charge in [-0.3, -0.25) is 14.9 Å². The number of ether oxygens (including phenoxy) is 1. The Kier molecular flexibility index (Phi) is 5.10. The third-order valence-corrected chi connectivity index (χ3v) is 5.05. The second-order valence-electron chi connectivity index (χ2n) is 5.58. The average Bonchev–Trinajstić information content (AvgIpc) is 3.26. The second-order valence-corrected chi connectivity index (χ2v) is 6.56. The highest BCUT2D eigenvalue weighted by molar-refractivity contribution is 7.10. The molecule has 0 radical (unpaired) electrons. The van der Waals surface area contributed by atoms with Crippen LogP contribution in [-0.2, 0) is 4.79 Å². The molecular formula is C17H18N2O4S. The van der Waals surface area contributed by atoms with Gasteiger partial charge in [-0.05, 0) is 30.4 Å². The number of nitro groups is 1. The SMILES string of the molecule is O=C(CCOc1ccccc1[N+](=O)[O-])N1CCC[C@@H]1c1cccs1. The van der Waals surface area contributed by atoms with E-state index in [2.05, 4.69) is 6.07 Å². The smallest absolute Gasteiger partial charge is 0.310 e. The predicted molar refractivity (Wildman–Crippen MR) is 91.2 cm³/mol. The first-order valence-electron chi connectivity index (χ1n) is 7.86. The fourth-order valence-corrected chi connectivity index (χ4v) is 3.84. The molecule has 0 N–H and O–H groups in total. The van der Waals surface area contributed by atoms with Gasteiger partial charge in [0.15, 0.2) is 5.75 Å². The highest BCUT2D eigenvalue weighted by Gasteiger charge is 2.30. The third kappa shape index (κ3) is 3.56. The first-order valence-corrected chi connectivity index (χ1v) is 8.74. The Balaban J connectivity index is 1.57. The summed E-state index contributed by atoms with van der Waals surface area (Å²) in [4.78, 5) is 26.1. The van der Waals surface area contributed by atoms with Crippen LogP contribution in [0.4, 0.5) is 5.69 Å². The number of thiophene rings is 1. The zero-order chi connectivity index (χ0) is 16.9. The van der Waals surface area contributed by atoms with E-state index in [9.17, 15) is 14.9 Å². The van der Waals surface area contributed by atoms with Crippen LogP contribution < -0.4 is 4.74 Å². The average molecular weight is 346 g/mol. The maximum Gasteiger partial charge on any atom is 0.310 e. The van der Waals surface area contributed by atoms with E-state index in [1.165, 1.54) is 10.9 Å². The van der Waals surface area contributed by atoms with Gasteiger partial charge in [0.25, 0.3) is 0 Å². The summed E-state index contributed by atoms with van der Waals surface area (Å²) >= 11 is 1.67. The standard InChI is InChI=1S/C17H18N2O4S/c20-17(18-10-3-6-14(18)16-8-4-12-24-16)9-11-23-15-7-2-1-5-13(15)19(21)22/h1-2,4-5,7-8,12,14H,3,6,9-11H2/t14-/m1/s1. The largest absolute Gasteiger partial charge is 0.486 e. The van der Waals surface area contributed by atoms with Gasteiger partial charge in [0.2, 0.25) is 5.91 Å². The summed E-state index contributed by atoms with van der Waals surface area (Å²) in [5.41, 5.74) is -0.0809. The number of hydrogen-bond donors (Lipinski definition) is 0. The molecule has 2 aromatic rings. The maximum atomic E-state index is 12.5. The number of benzene rings is 1. The molecule has 3 rings (SSSR count). The van der Waals surface area contributed by atoms with E-state index in [0.717, 1.165) is 19.4 Å². The zero-order valence-corrected chi connectivity index (χ0v) is 13.9. The summed E-state index contributed by atoms with van der Waals surface area (Å²) in [7, 11) is 0. The Morgan fingerprint density at radius 1 is 1.33 bits per heavy atom. The van der Waals surface area contributed by atoms with Gasteiger partial charge in [0, 0.05) is 17.5 Å². The van der Waals surface area contributed by atoms with Crippen molar-refractivity contribution < 1.29 is 14.5 Å². The summed E-state index contributed by atoms with van der Waals surface area (Å²) in [5, 5.41) is 13.0. The minimum absolute atomic E-state index is 0.0319. The van der Waals surface area contributed by atoms with Crippen LogP contribution in [0.3, 0.4) is 0 Å². The highest BCUT2D eigenvalue weighted by atomic mass is 32.1. The second kappa shape index (κ2) is 7.44. The van der Waals surface area contributed by atoms with Crippen molar-refractivity contribution >= 4 is 22.9 Å². The van der Waals surface area contributed by atoms with Crippen molar-refractivity contribution in [1.29, 1.82) is 0 Å². The third-order valence-electron chi connectivity index (χ3n) is 4.08. The van der Waals surface area contributed by atoms with Gasteiger partial charge in [-0.25, -0.2) is 0 Å². The summed E-state index contributed by atoms with van der Waals surface area (Å²) in [5.74, 6) is 0.232. The van der Waals surface area contributed by atoms with E-state index in [-0.39, 0.29) is 36.4 Å². The maximum absolute atomic E-state index is 12.5. The number of carbonyl (C=O) groups is 1. The number of amides is 1. The van der Waals surface area contributed by atoms with Gasteiger partial charge < -0.3 is 9.64 Å². The minimum atomic E-state index is -0.482. The van der Waals surface area contributed by atoms with Crippen LogP contribution in [0.15, 0.2) is 41.8 Å². The molecule has 0 spiro atoms. The van der Waals surface area contributed by atoms with Gasteiger partial charge in [0.1, 0.15) is 0 Å². The molecular weight excluding hydrogens is 328 g/mol. The summed E-state index contributed by atoms with van der Waals surface area (Å²) in [6.07, 6.45) is 2.20. The number of nitro benzene ring substituents is 1. The Hall–Kier alpha value is -2.41. The lowest BCUT2D eigenvalue weighted by atomic mass is 10.2. The van der Waals surface area contributed by atoms with Crippen molar-refractivity contribution in [2.24, 2.45) is 0 Å². The Morgan fingerprint density at radius 3 is 2.92 bits per heavy atom. The molecule has 1 aliphatic heterocycles. The molecule has 0 bridgehead atoms. The topological polar surface area (TPSA) is 72.7 Å². The van der Waals surface area contributed by atoms with Crippen molar-refractivity contribution in [3.05, 3.63) is 56.8 Å². The number of rotatable bonds is 6. The Labute approximate surface area is 143 Å². The molecule has 0 unspecified atom stereocenters. The lowest BCUT2D eigenvalue weighted by Gasteiger charge is -2.24. The quantitative estimate of drug-likeness (QED) is 0.589. The first kappa shape index (κ1) is 16.4. The predicted octanol–water partition coefficient (Wildman–Crippen LogP) is 3.79. The molecule has 6 nitrogen and oxygen atoms in total. The molecule has 126 valence electrons. The van der Waals surface area contributed by atoms with Crippen molar-refractivity contribution in [1.82, 2.24) is 4.90 Å². The molecule has 0 saturated carbocycles. The first-order chi connectivity index (χ1) is 11.7. The highest BCUT2D eigenvalue weighted by Crippen LogP contribution is 2.35. The summed E-state index contributed by atoms with van der Waals surface area (Å²) in [6, 6.07) is 10.4. The van der Waals surface area contributed by atoms with E-state index >= 15 is 0 Å². The molecule has 24 heavy (non-hydrogen) atoms. The van der Waals surface area contributed by atoms with Gasteiger partial charge >= 0.3 is 5.69 Å². The lowest BCUT2D eigenvalue weighted by Crippen LogP contribution is -2.31. The van der Waals surface area contributed by atoms with E-state index in [4.69, 9.17) is 4.74 Å². The van der Waals surface area contributed by atoms with Crippen LogP contribution in [-0.4, -0.2) is 28.9 Å². The van der Waals surface area contributed by atoms with Crippen molar-refractivity contribution in [3.63, 3.8) is 0 Å². The number of nitrogens with zero attached hydrogens (tertiary/aromatic N) is 2. The number of hydrogen-bond acceptors (Lipinski definition) is 5. The molecule has 1 amide bonds. The molecule has 0 aliphatic carbocycles. The van der Waals surface area contributed by atoms with Crippen molar-refractivity contribution in [3.8, 4) is 5.75 Å². The van der Waals surface area contributed by atoms with Crippen LogP contribution in [0.25, 0.3) is 0 Å². The Bertz CT molecular complexity index is 717. The lowest BCUT2D eigenvalue weighted by molar-refractivity contribution is -0.385. The number of carbonyl (C=O) groups excluding carboxylic acids is 1. The van der Waals surface area contributed by atoms with E-state index in [0.29, 0.717) is 0 Å². The van der Waals surface area contributed by atoms with Gasteiger partial charge in [0.05, 0.1) is 24.0 Å². The molecule has 1 aliphatic rings. The van der Waals surface area contributed by atoms with E-state index < -0.39 is 4.92 Å². The van der Waals surface area contributed by atoms with Crippen LogP contribution in [0.5, 0.6) is 5.75 Å². The molecule has 2 heterocycles. The molecule has 1 aromatic heterocycles. The zero-order valence-electron chi connectivity index (χ0n) is 13.1. The number of para-hydroxylation sites is 2. The van der Waals surface area contributed by atoms with Gasteiger partial charge in [-0.1, -0.05) is 18.2 Å². The van der Waals surface area contributed by atoms with Gasteiger partial charge in [-0.2, -0.15) is 0 Å². The summed E-state index contributed by atoms with van der Waals surface area (Å²) < 4.78 is 5.47. The molecule has 7 heteroatoms. The number of likely N-dealkylation sites (tertiary alicyclic amines) is 1. The van der Waals surface area contributed by atoms with Crippen LogP contribution in [0.1, 0.15) is 30.2 Å². The van der Waals surface area contributed by atoms with Crippen molar-refractivity contribution in [2.45, 2.75) is 25.3 Å². The van der Waals surface area contributed by atoms with Crippen LogP contribution >= 0.6 is 11.3 Å². The molecule has 1 aromatic carbocycles. The van der Waals surface area contributed by atoms with Gasteiger partial charge in [-0.15, -0.1) is 11.3 Å². The van der Waals surface area contributed by atoms with Crippen LogP contribution in [0.2, 0.25) is 0 Å². The molecule has 1 saturated heterocycles. The molecule has 1 atom stereocenters. The Morgan fingerprint density at radius 2 is 2.17 bits per heavy atom. The van der Waals surface area contributed by atoms with E-state index in [1.807, 2.05) is 16.3 Å². The summed E-state index contributed by atoms with van der Waals surface area (Å²) in [6.45, 7) is 0.893. The van der Waals surface area contributed by atoms with E-state index in [1.54, 1.807) is 29.5 Å². The minimum Gasteiger partial charge on any atom is -0.486 e. The fraction of sp³-hybridized carbons (Fsp3) is 0.353. The van der Waals surface area contributed by atoms with Crippen LogP contribution in [0, 0.1) is 10.1 Å². The fourth-order valence-electron chi connectivity index (χ4n) is 2.96. The monoisotopic (exact) mass is 346 g/mol. The molecule has 1 fully saturated rings. The normalized spacial score (nSPS) is 17.0.